The van der Waals surface area contributed by atoms with Gasteiger partial charge in [0.2, 0.25) is 5.91 Å². The molecular formula is C23H30N2O4S. The monoisotopic (exact) mass is 430 g/mol. The van der Waals surface area contributed by atoms with Crippen molar-refractivity contribution in [2.24, 2.45) is 0 Å². The van der Waals surface area contributed by atoms with Crippen LogP contribution in [-0.4, -0.2) is 49.1 Å². The summed E-state index contributed by atoms with van der Waals surface area (Å²) in [5.74, 6) is 0.497. The number of rotatable bonds is 11. The van der Waals surface area contributed by atoms with Crippen LogP contribution < -0.4 is 10.1 Å². The molecule has 0 aliphatic carbocycles. The maximum Gasteiger partial charge on any atom is 0.255 e. The van der Waals surface area contributed by atoms with Gasteiger partial charge in [-0.3, -0.25) is 9.59 Å². The summed E-state index contributed by atoms with van der Waals surface area (Å²) in [4.78, 5) is 28.4. The number of hydrogen-bond acceptors (Lipinski definition) is 5. The highest BCUT2D eigenvalue weighted by Crippen LogP contribution is 2.19. The van der Waals surface area contributed by atoms with Crippen molar-refractivity contribution in [3.63, 3.8) is 0 Å². The normalized spacial score (nSPS) is 15.7. The Kier molecular flexibility index (Phi) is 8.71. The van der Waals surface area contributed by atoms with Gasteiger partial charge in [0.05, 0.1) is 24.8 Å². The van der Waals surface area contributed by atoms with E-state index < -0.39 is 0 Å². The highest BCUT2D eigenvalue weighted by atomic mass is 32.1. The fourth-order valence-electron chi connectivity index (χ4n) is 3.51. The summed E-state index contributed by atoms with van der Waals surface area (Å²) in [6.45, 7) is 4.86. The summed E-state index contributed by atoms with van der Waals surface area (Å²) >= 11 is 1.66. The Morgan fingerprint density at radius 1 is 1.27 bits per heavy atom. The number of thiophene rings is 1. The van der Waals surface area contributed by atoms with Gasteiger partial charge in [0.1, 0.15) is 5.75 Å². The largest absolute Gasteiger partial charge is 0.493 e. The van der Waals surface area contributed by atoms with Crippen molar-refractivity contribution in [1.82, 2.24) is 10.2 Å². The summed E-state index contributed by atoms with van der Waals surface area (Å²) < 4.78 is 11.2. The lowest BCUT2D eigenvalue weighted by molar-refractivity contribution is -0.133. The number of carbonyl (C=O) groups excluding carboxylic acids is 2. The van der Waals surface area contributed by atoms with E-state index in [1.807, 2.05) is 35.4 Å². The Labute approximate surface area is 182 Å². The van der Waals surface area contributed by atoms with E-state index in [1.165, 1.54) is 4.88 Å². The minimum Gasteiger partial charge on any atom is -0.493 e. The van der Waals surface area contributed by atoms with Crippen molar-refractivity contribution in [2.45, 2.75) is 45.3 Å². The van der Waals surface area contributed by atoms with Gasteiger partial charge in [-0.2, -0.15) is 0 Å². The van der Waals surface area contributed by atoms with Crippen LogP contribution in [0.5, 0.6) is 5.75 Å². The average Bonchev–Trinajstić information content (AvgIpc) is 3.45. The molecule has 1 atom stereocenters. The van der Waals surface area contributed by atoms with E-state index in [9.17, 15) is 9.59 Å². The molecule has 1 fully saturated rings. The van der Waals surface area contributed by atoms with Gasteiger partial charge in [-0.25, -0.2) is 0 Å². The van der Waals surface area contributed by atoms with E-state index in [-0.39, 0.29) is 17.9 Å². The van der Waals surface area contributed by atoms with Gasteiger partial charge in [-0.05, 0) is 49.8 Å². The molecule has 1 N–H and O–H groups in total. The lowest BCUT2D eigenvalue weighted by Gasteiger charge is -2.25. The lowest BCUT2D eigenvalue weighted by Crippen LogP contribution is -2.37. The van der Waals surface area contributed by atoms with Crippen molar-refractivity contribution < 1.29 is 19.1 Å². The Bertz CT molecular complexity index is 803. The molecular weight excluding hydrogens is 400 g/mol. The van der Waals surface area contributed by atoms with Crippen LogP contribution in [0.15, 0.2) is 41.8 Å². The van der Waals surface area contributed by atoms with Crippen LogP contribution >= 0.6 is 11.3 Å². The van der Waals surface area contributed by atoms with E-state index in [1.54, 1.807) is 23.5 Å². The second-order valence-electron chi connectivity index (χ2n) is 7.28. The van der Waals surface area contributed by atoms with Gasteiger partial charge < -0.3 is 19.7 Å². The van der Waals surface area contributed by atoms with Crippen LogP contribution in [0.4, 0.5) is 0 Å². The Hall–Kier alpha value is -2.38. The Balaban J connectivity index is 1.48. The number of nitrogens with zero attached hydrogens (tertiary/aromatic N) is 1. The summed E-state index contributed by atoms with van der Waals surface area (Å²) in [7, 11) is 0. The van der Waals surface area contributed by atoms with Crippen molar-refractivity contribution >= 4 is 23.2 Å². The molecule has 3 rings (SSSR count). The summed E-state index contributed by atoms with van der Waals surface area (Å²) in [6.07, 6.45) is 3.17. The van der Waals surface area contributed by atoms with Crippen LogP contribution in [0.25, 0.3) is 0 Å². The van der Waals surface area contributed by atoms with Crippen LogP contribution in [0.3, 0.4) is 0 Å². The highest BCUT2D eigenvalue weighted by Gasteiger charge is 2.23. The molecule has 0 radical (unpaired) electrons. The van der Waals surface area contributed by atoms with E-state index >= 15 is 0 Å². The molecule has 1 unspecified atom stereocenters. The highest BCUT2D eigenvalue weighted by molar-refractivity contribution is 7.09. The van der Waals surface area contributed by atoms with E-state index in [4.69, 9.17) is 9.47 Å². The molecule has 1 aliphatic rings. The first-order valence-electron chi connectivity index (χ1n) is 10.6. The number of amides is 2. The zero-order chi connectivity index (χ0) is 21.2. The predicted molar refractivity (Wildman–Crippen MR) is 118 cm³/mol. The van der Waals surface area contributed by atoms with Crippen LogP contribution in [0.2, 0.25) is 0 Å². The van der Waals surface area contributed by atoms with Crippen molar-refractivity contribution in [3.05, 3.63) is 52.2 Å². The van der Waals surface area contributed by atoms with Gasteiger partial charge >= 0.3 is 0 Å². The molecule has 0 saturated carbocycles. The Morgan fingerprint density at radius 3 is 2.87 bits per heavy atom. The third-order valence-electron chi connectivity index (χ3n) is 5.01. The smallest absolute Gasteiger partial charge is 0.255 e. The molecule has 2 heterocycles. The predicted octanol–water partition coefficient (Wildman–Crippen LogP) is 3.86. The maximum absolute atomic E-state index is 12.9. The van der Waals surface area contributed by atoms with Gasteiger partial charge in [-0.1, -0.05) is 18.2 Å². The van der Waals surface area contributed by atoms with Gasteiger partial charge in [-0.15, -0.1) is 11.3 Å². The second-order valence-corrected chi connectivity index (χ2v) is 8.31. The van der Waals surface area contributed by atoms with Crippen LogP contribution in [0.1, 0.15) is 47.8 Å². The van der Waals surface area contributed by atoms with Crippen molar-refractivity contribution in [1.29, 1.82) is 0 Å². The molecule has 1 aliphatic heterocycles. The molecule has 6 nitrogen and oxygen atoms in total. The zero-order valence-electron chi connectivity index (χ0n) is 17.5. The first kappa shape index (κ1) is 22.3. The molecule has 2 amide bonds. The van der Waals surface area contributed by atoms with Gasteiger partial charge in [0.25, 0.3) is 5.91 Å². The lowest BCUT2D eigenvalue weighted by atomic mass is 10.1. The summed E-state index contributed by atoms with van der Waals surface area (Å²) in [5.41, 5.74) is 0.517. The molecule has 0 bridgehead atoms. The topological polar surface area (TPSA) is 67.9 Å². The quantitative estimate of drug-likeness (QED) is 0.550. The molecule has 162 valence electrons. The molecule has 1 aromatic carbocycles. The van der Waals surface area contributed by atoms with E-state index in [2.05, 4.69) is 11.4 Å². The first-order chi connectivity index (χ1) is 14.7. The van der Waals surface area contributed by atoms with Crippen LogP contribution in [0, 0.1) is 0 Å². The molecule has 1 aromatic heterocycles. The minimum absolute atomic E-state index is 0.0999. The second kappa shape index (κ2) is 11.7. The fourth-order valence-corrected chi connectivity index (χ4v) is 4.23. The zero-order valence-corrected chi connectivity index (χ0v) is 18.3. The summed E-state index contributed by atoms with van der Waals surface area (Å²) in [5, 5.41) is 4.93. The number of para-hydroxylation sites is 1. The maximum atomic E-state index is 12.9. The standard InChI is InChI=1S/C23H30N2O4S/c1-2-28-21-11-4-3-10-20(21)23(27)24-13-5-12-22(26)25(16-18-8-6-14-29-18)17-19-9-7-15-30-19/h3-4,7,9-11,15,18H,2,5-6,8,12-14,16-17H2,1H3,(H,24,27). The van der Waals surface area contributed by atoms with Gasteiger partial charge in [0, 0.05) is 31.0 Å². The molecule has 2 aromatic rings. The summed E-state index contributed by atoms with van der Waals surface area (Å²) in [6, 6.07) is 11.2. The van der Waals surface area contributed by atoms with Gasteiger partial charge in [0.15, 0.2) is 0 Å². The molecule has 1 saturated heterocycles. The number of benzene rings is 1. The minimum atomic E-state index is -0.179. The van der Waals surface area contributed by atoms with E-state index in [0.717, 1.165) is 19.4 Å². The SMILES string of the molecule is CCOc1ccccc1C(=O)NCCCC(=O)N(Cc1cccs1)CC1CCCO1. The fraction of sp³-hybridized carbons (Fsp3) is 0.478. The van der Waals surface area contributed by atoms with Crippen molar-refractivity contribution in [2.75, 3.05) is 26.3 Å². The Morgan fingerprint density at radius 2 is 2.13 bits per heavy atom. The number of hydrogen-bond donors (Lipinski definition) is 1. The van der Waals surface area contributed by atoms with Crippen LogP contribution in [-0.2, 0) is 16.1 Å². The third kappa shape index (κ3) is 6.57. The average molecular weight is 431 g/mol. The molecule has 30 heavy (non-hydrogen) atoms. The van der Waals surface area contributed by atoms with E-state index in [0.29, 0.717) is 50.4 Å². The number of ether oxygens (including phenoxy) is 2. The third-order valence-corrected chi connectivity index (χ3v) is 5.87. The van der Waals surface area contributed by atoms with Crippen molar-refractivity contribution in [3.8, 4) is 5.75 Å². The molecule has 0 spiro atoms. The first-order valence-corrected chi connectivity index (χ1v) is 11.5. The number of carbonyl (C=O) groups is 2. The number of nitrogens with one attached hydrogen (secondary N) is 1. The molecule has 7 heteroatoms.